The van der Waals surface area contributed by atoms with Crippen molar-refractivity contribution < 1.29 is 14.3 Å². The highest BCUT2D eigenvalue weighted by Crippen LogP contribution is 2.25. The van der Waals surface area contributed by atoms with Gasteiger partial charge in [-0.2, -0.15) is 0 Å². The maximum absolute atomic E-state index is 11.9. The van der Waals surface area contributed by atoms with Crippen molar-refractivity contribution in [2.45, 2.75) is 64.2 Å². The molecule has 1 amide bonds. The standard InChI is InChI=1S/C18H28N2O3/c1-18(2,3)23-17(21)20-14-9-7-8-13(12-14)19-15-10-5-6-11-16(15)22-4/h7-9,12,15-16,19H,5-6,10-11H2,1-4H3,(H,20,21). The number of ether oxygens (including phenoxy) is 2. The zero-order chi connectivity index (χ0) is 16.9. The molecule has 23 heavy (non-hydrogen) atoms. The lowest BCUT2D eigenvalue weighted by Gasteiger charge is -2.32. The number of methoxy groups -OCH3 is 1. The van der Waals surface area contributed by atoms with Gasteiger partial charge in [0.15, 0.2) is 0 Å². The van der Waals surface area contributed by atoms with Crippen molar-refractivity contribution in [2.75, 3.05) is 17.7 Å². The van der Waals surface area contributed by atoms with Crippen LogP contribution in [0.5, 0.6) is 0 Å². The maximum Gasteiger partial charge on any atom is 0.412 e. The van der Waals surface area contributed by atoms with Crippen LogP contribution in [-0.4, -0.2) is 30.9 Å². The molecule has 1 aromatic carbocycles. The molecule has 2 atom stereocenters. The summed E-state index contributed by atoms with van der Waals surface area (Å²) >= 11 is 0. The molecular weight excluding hydrogens is 292 g/mol. The number of hydrogen-bond acceptors (Lipinski definition) is 4. The van der Waals surface area contributed by atoms with Crippen LogP contribution >= 0.6 is 0 Å². The first-order valence-corrected chi connectivity index (χ1v) is 8.27. The number of carbonyl (C=O) groups is 1. The topological polar surface area (TPSA) is 59.6 Å². The Kier molecular flexibility index (Phi) is 5.88. The molecule has 5 heteroatoms. The van der Waals surface area contributed by atoms with Gasteiger partial charge in [0.1, 0.15) is 5.60 Å². The van der Waals surface area contributed by atoms with E-state index < -0.39 is 11.7 Å². The molecule has 0 saturated heterocycles. The van der Waals surface area contributed by atoms with Gasteiger partial charge in [-0.3, -0.25) is 5.32 Å². The first kappa shape index (κ1) is 17.6. The smallest absolute Gasteiger partial charge is 0.412 e. The van der Waals surface area contributed by atoms with Crippen molar-refractivity contribution in [1.29, 1.82) is 0 Å². The lowest BCUT2D eigenvalue weighted by atomic mass is 9.92. The van der Waals surface area contributed by atoms with Crippen LogP contribution in [-0.2, 0) is 9.47 Å². The van der Waals surface area contributed by atoms with Gasteiger partial charge < -0.3 is 14.8 Å². The third-order valence-corrected chi connectivity index (χ3v) is 3.87. The summed E-state index contributed by atoms with van der Waals surface area (Å²) in [6, 6.07) is 8.00. The van der Waals surface area contributed by atoms with Crippen LogP contribution in [0.1, 0.15) is 46.5 Å². The van der Waals surface area contributed by atoms with Crippen molar-refractivity contribution in [1.82, 2.24) is 0 Å². The maximum atomic E-state index is 11.9. The SMILES string of the molecule is COC1CCCCC1Nc1cccc(NC(=O)OC(C)(C)C)c1. The van der Waals surface area contributed by atoms with Crippen LogP contribution in [0, 0.1) is 0 Å². The Hall–Kier alpha value is -1.75. The second-order valence-corrected chi connectivity index (χ2v) is 7.02. The van der Waals surface area contributed by atoms with E-state index in [1.807, 2.05) is 45.0 Å². The zero-order valence-electron chi connectivity index (χ0n) is 14.5. The van der Waals surface area contributed by atoms with Crippen LogP contribution in [0.25, 0.3) is 0 Å². The van der Waals surface area contributed by atoms with E-state index in [0.717, 1.165) is 18.5 Å². The second kappa shape index (κ2) is 7.68. The third-order valence-electron chi connectivity index (χ3n) is 3.87. The van der Waals surface area contributed by atoms with Crippen LogP contribution in [0.3, 0.4) is 0 Å². The molecule has 0 aromatic heterocycles. The largest absolute Gasteiger partial charge is 0.444 e. The Bertz CT molecular complexity index is 525. The summed E-state index contributed by atoms with van der Waals surface area (Å²) in [6.45, 7) is 5.54. The fraction of sp³-hybridized carbons (Fsp3) is 0.611. The highest BCUT2D eigenvalue weighted by molar-refractivity contribution is 5.85. The van der Waals surface area contributed by atoms with Gasteiger partial charge in [-0.15, -0.1) is 0 Å². The van der Waals surface area contributed by atoms with Gasteiger partial charge >= 0.3 is 6.09 Å². The summed E-state index contributed by atoms with van der Waals surface area (Å²) < 4.78 is 10.8. The molecular formula is C18H28N2O3. The third kappa shape index (κ3) is 5.75. The number of hydrogen-bond donors (Lipinski definition) is 2. The van der Waals surface area contributed by atoms with E-state index in [1.54, 1.807) is 7.11 Å². The molecule has 2 N–H and O–H groups in total. The van der Waals surface area contributed by atoms with Crippen LogP contribution in [0.15, 0.2) is 24.3 Å². The minimum atomic E-state index is -0.506. The Morgan fingerprint density at radius 2 is 1.87 bits per heavy atom. The van der Waals surface area contributed by atoms with E-state index in [9.17, 15) is 4.79 Å². The molecule has 0 aliphatic heterocycles. The molecule has 2 unspecified atom stereocenters. The summed E-state index contributed by atoms with van der Waals surface area (Å²) in [5.74, 6) is 0. The van der Waals surface area contributed by atoms with E-state index in [0.29, 0.717) is 11.7 Å². The summed E-state index contributed by atoms with van der Waals surface area (Å²) in [5, 5.41) is 6.30. The van der Waals surface area contributed by atoms with Crippen molar-refractivity contribution in [3.05, 3.63) is 24.3 Å². The Labute approximate surface area is 138 Å². The number of rotatable bonds is 4. The Balaban J connectivity index is 1.98. The van der Waals surface area contributed by atoms with Gasteiger partial charge in [0.25, 0.3) is 0 Å². The second-order valence-electron chi connectivity index (χ2n) is 7.02. The molecule has 1 fully saturated rings. The Morgan fingerprint density at radius 1 is 1.17 bits per heavy atom. The van der Waals surface area contributed by atoms with E-state index in [-0.39, 0.29) is 6.10 Å². The van der Waals surface area contributed by atoms with Crippen molar-refractivity contribution in [3.8, 4) is 0 Å². The van der Waals surface area contributed by atoms with Gasteiger partial charge in [0.2, 0.25) is 0 Å². The quantitative estimate of drug-likeness (QED) is 0.863. The zero-order valence-corrected chi connectivity index (χ0v) is 14.5. The monoisotopic (exact) mass is 320 g/mol. The summed E-state index contributed by atoms with van der Waals surface area (Å²) in [7, 11) is 1.77. The van der Waals surface area contributed by atoms with E-state index >= 15 is 0 Å². The number of amides is 1. The molecule has 2 rings (SSSR count). The highest BCUT2D eigenvalue weighted by atomic mass is 16.6. The molecule has 1 aliphatic rings. The summed E-state index contributed by atoms with van der Waals surface area (Å²) in [5.41, 5.74) is 1.19. The van der Waals surface area contributed by atoms with E-state index in [1.165, 1.54) is 12.8 Å². The average Bonchev–Trinajstić information content (AvgIpc) is 2.46. The van der Waals surface area contributed by atoms with Crippen molar-refractivity contribution in [2.24, 2.45) is 0 Å². The number of carbonyl (C=O) groups excluding carboxylic acids is 1. The number of anilines is 2. The molecule has 128 valence electrons. The first-order chi connectivity index (χ1) is 10.9. The molecule has 1 saturated carbocycles. The van der Waals surface area contributed by atoms with Gasteiger partial charge in [-0.25, -0.2) is 4.79 Å². The molecule has 5 nitrogen and oxygen atoms in total. The van der Waals surface area contributed by atoms with Crippen LogP contribution in [0.4, 0.5) is 16.2 Å². The van der Waals surface area contributed by atoms with E-state index in [4.69, 9.17) is 9.47 Å². The Morgan fingerprint density at radius 3 is 2.57 bits per heavy atom. The molecule has 0 heterocycles. The molecule has 0 spiro atoms. The highest BCUT2D eigenvalue weighted by Gasteiger charge is 2.24. The summed E-state index contributed by atoms with van der Waals surface area (Å²) in [6.07, 6.45) is 4.42. The normalized spacial score (nSPS) is 21.6. The average molecular weight is 320 g/mol. The lowest BCUT2D eigenvalue weighted by Crippen LogP contribution is -2.37. The molecule has 1 aliphatic carbocycles. The van der Waals surface area contributed by atoms with Crippen LogP contribution < -0.4 is 10.6 Å². The fourth-order valence-electron chi connectivity index (χ4n) is 2.87. The van der Waals surface area contributed by atoms with Gasteiger partial charge in [-0.05, 0) is 51.8 Å². The molecule has 0 radical (unpaired) electrons. The van der Waals surface area contributed by atoms with Gasteiger partial charge in [0, 0.05) is 18.5 Å². The molecule has 0 bridgehead atoms. The summed E-state index contributed by atoms with van der Waals surface area (Å²) in [4.78, 5) is 11.9. The van der Waals surface area contributed by atoms with Crippen LogP contribution in [0.2, 0.25) is 0 Å². The fourth-order valence-corrected chi connectivity index (χ4v) is 2.87. The van der Waals surface area contributed by atoms with Crippen molar-refractivity contribution in [3.63, 3.8) is 0 Å². The predicted octanol–water partition coefficient (Wildman–Crippen LogP) is 4.40. The van der Waals surface area contributed by atoms with Gasteiger partial charge in [0.05, 0.1) is 12.1 Å². The minimum Gasteiger partial charge on any atom is -0.444 e. The lowest BCUT2D eigenvalue weighted by molar-refractivity contribution is 0.0606. The predicted molar refractivity (Wildman–Crippen MR) is 93.0 cm³/mol. The van der Waals surface area contributed by atoms with E-state index in [2.05, 4.69) is 10.6 Å². The number of benzene rings is 1. The minimum absolute atomic E-state index is 0.242. The molecule has 1 aromatic rings. The number of nitrogens with one attached hydrogen (secondary N) is 2. The van der Waals surface area contributed by atoms with Crippen molar-refractivity contribution >= 4 is 17.5 Å². The first-order valence-electron chi connectivity index (χ1n) is 8.27. The van der Waals surface area contributed by atoms with Gasteiger partial charge in [-0.1, -0.05) is 18.9 Å².